The zero-order chi connectivity index (χ0) is 13.1. The SMILES string of the molecule is CNCC1CCCCN(C2CC2)C1c1ccccc1. The molecular weight excluding hydrogens is 232 g/mol. The molecular formula is C17H26N2. The van der Waals surface area contributed by atoms with Crippen molar-refractivity contribution in [2.75, 3.05) is 20.1 Å². The molecule has 2 unspecified atom stereocenters. The fraction of sp³-hybridized carbons (Fsp3) is 0.647. The first-order valence-corrected chi connectivity index (χ1v) is 7.85. The Bertz CT molecular complexity index is 386. The Balaban J connectivity index is 1.89. The number of benzene rings is 1. The fourth-order valence-corrected chi connectivity index (χ4v) is 3.67. The van der Waals surface area contributed by atoms with Crippen molar-refractivity contribution in [1.82, 2.24) is 10.2 Å². The molecule has 1 saturated carbocycles. The first-order chi connectivity index (χ1) is 9.40. The number of hydrogen-bond donors (Lipinski definition) is 1. The molecule has 1 saturated heterocycles. The predicted octanol–water partition coefficient (Wildman–Crippen LogP) is 3.21. The zero-order valence-electron chi connectivity index (χ0n) is 12.0. The molecule has 1 aliphatic heterocycles. The van der Waals surface area contributed by atoms with Gasteiger partial charge in [-0.2, -0.15) is 0 Å². The summed E-state index contributed by atoms with van der Waals surface area (Å²) in [6, 6.07) is 12.7. The Labute approximate surface area is 117 Å². The number of nitrogens with one attached hydrogen (secondary N) is 1. The molecule has 1 heterocycles. The van der Waals surface area contributed by atoms with Crippen LogP contribution in [0.2, 0.25) is 0 Å². The van der Waals surface area contributed by atoms with Gasteiger partial charge in [0.15, 0.2) is 0 Å². The van der Waals surface area contributed by atoms with E-state index in [1.54, 1.807) is 0 Å². The standard InChI is InChI=1S/C17H26N2/c1-18-13-15-9-5-6-12-19(16-10-11-16)17(15)14-7-3-2-4-8-14/h2-4,7-8,15-18H,5-6,9-13H2,1H3. The first kappa shape index (κ1) is 13.1. The lowest BCUT2D eigenvalue weighted by atomic mass is 9.89. The summed E-state index contributed by atoms with van der Waals surface area (Å²) in [6.45, 7) is 2.44. The largest absolute Gasteiger partial charge is 0.319 e. The van der Waals surface area contributed by atoms with Crippen LogP contribution in [0.5, 0.6) is 0 Å². The highest BCUT2D eigenvalue weighted by Gasteiger charge is 2.38. The van der Waals surface area contributed by atoms with Crippen molar-refractivity contribution in [3.05, 3.63) is 35.9 Å². The monoisotopic (exact) mass is 258 g/mol. The van der Waals surface area contributed by atoms with Crippen LogP contribution in [0.3, 0.4) is 0 Å². The first-order valence-electron chi connectivity index (χ1n) is 7.85. The van der Waals surface area contributed by atoms with E-state index in [1.807, 2.05) is 0 Å². The summed E-state index contributed by atoms with van der Waals surface area (Å²) < 4.78 is 0. The van der Waals surface area contributed by atoms with E-state index < -0.39 is 0 Å². The van der Waals surface area contributed by atoms with Crippen LogP contribution in [0.25, 0.3) is 0 Å². The molecule has 2 fully saturated rings. The maximum atomic E-state index is 3.42. The van der Waals surface area contributed by atoms with Crippen LogP contribution in [0.15, 0.2) is 30.3 Å². The average Bonchev–Trinajstić information content (AvgIpc) is 3.26. The summed E-state index contributed by atoms with van der Waals surface area (Å²) in [7, 11) is 2.09. The lowest BCUT2D eigenvalue weighted by Crippen LogP contribution is -2.37. The van der Waals surface area contributed by atoms with E-state index in [2.05, 4.69) is 47.6 Å². The van der Waals surface area contributed by atoms with Crippen LogP contribution < -0.4 is 5.32 Å². The fourth-order valence-electron chi connectivity index (χ4n) is 3.67. The summed E-state index contributed by atoms with van der Waals surface area (Å²) in [5.74, 6) is 0.760. The lowest BCUT2D eigenvalue weighted by Gasteiger charge is -2.35. The summed E-state index contributed by atoms with van der Waals surface area (Å²) in [4.78, 5) is 2.81. The minimum Gasteiger partial charge on any atom is -0.319 e. The quantitative estimate of drug-likeness (QED) is 0.892. The van der Waals surface area contributed by atoms with Crippen molar-refractivity contribution in [3.8, 4) is 0 Å². The second kappa shape index (κ2) is 6.06. The molecule has 0 aromatic heterocycles. The van der Waals surface area contributed by atoms with E-state index in [4.69, 9.17) is 0 Å². The van der Waals surface area contributed by atoms with E-state index in [0.29, 0.717) is 6.04 Å². The van der Waals surface area contributed by atoms with Gasteiger partial charge < -0.3 is 5.32 Å². The van der Waals surface area contributed by atoms with E-state index in [0.717, 1.165) is 18.5 Å². The van der Waals surface area contributed by atoms with Crippen molar-refractivity contribution in [2.45, 2.75) is 44.2 Å². The molecule has 19 heavy (non-hydrogen) atoms. The van der Waals surface area contributed by atoms with Gasteiger partial charge in [0, 0.05) is 12.1 Å². The van der Waals surface area contributed by atoms with Gasteiger partial charge in [-0.25, -0.2) is 0 Å². The molecule has 1 N–H and O–H groups in total. The molecule has 2 aliphatic rings. The molecule has 1 aromatic carbocycles. The smallest absolute Gasteiger partial charge is 0.0391 e. The van der Waals surface area contributed by atoms with Crippen molar-refractivity contribution < 1.29 is 0 Å². The van der Waals surface area contributed by atoms with Gasteiger partial charge in [0.1, 0.15) is 0 Å². The van der Waals surface area contributed by atoms with Crippen LogP contribution in [-0.4, -0.2) is 31.1 Å². The maximum absolute atomic E-state index is 3.42. The van der Waals surface area contributed by atoms with Crippen molar-refractivity contribution in [1.29, 1.82) is 0 Å². The van der Waals surface area contributed by atoms with Gasteiger partial charge in [0.2, 0.25) is 0 Å². The number of nitrogens with zero attached hydrogens (tertiary/aromatic N) is 1. The van der Waals surface area contributed by atoms with Crippen molar-refractivity contribution in [2.24, 2.45) is 5.92 Å². The summed E-state index contributed by atoms with van der Waals surface area (Å²) >= 11 is 0. The number of hydrogen-bond acceptors (Lipinski definition) is 2. The Kier molecular flexibility index (Phi) is 4.19. The van der Waals surface area contributed by atoms with Crippen LogP contribution in [-0.2, 0) is 0 Å². The third-order valence-corrected chi connectivity index (χ3v) is 4.67. The van der Waals surface area contributed by atoms with Crippen LogP contribution in [0, 0.1) is 5.92 Å². The second-order valence-corrected chi connectivity index (χ2v) is 6.14. The molecule has 2 atom stereocenters. The van der Waals surface area contributed by atoms with Gasteiger partial charge in [-0.05, 0) is 57.3 Å². The molecule has 0 radical (unpaired) electrons. The highest BCUT2D eigenvalue weighted by molar-refractivity contribution is 5.21. The number of rotatable bonds is 4. The van der Waals surface area contributed by atoms with Gasteiger partial charge >= 0.3 is 0 Å². The molecule has 104 valence electrons. The molecule has 0 amide bonds. The lowest BCUT2D eigenvalue weighted by molar-refractivity contribution is 0.145. The molecule has 1 aliphatic carbocycles. The Hall–Kier alpha value is -0.860. The molecule has 3 rings (SSSR count). The minimum atomic E-state index is 0.628. The van der Waals surface area contributed by atoms with E-state index in [1.165, 1.54) is 44.2 Å². The van der Waals surface area contributed by atoms with Crippen LogP contribution in [0.4, 0.5) is 0 Å². The Morgan fingerprint density at radius 3 is 2.58 bits per heavy atom. The Morgan fingerprint density at radius 2 is 1.89 bits per heavy atom. The normalized spacial score (nSPS) is 29.1. The van der Waals surface area contributed by atoms with Gasteiger partial charge in [-0.1, -0.05) is 36.8 Å². The Morgan fingerprint density at radius 1 is 1.11 bits per heavy atom. The van der Waals surface area contributed by atoms with Gasteiger partial charge in [0.25, 0.3) is 0 Å². The topological polar surface area (TPSA) is 15.3 Å². The average molecular weight is 258 g/mol. The maximum Gasteiger partial charge on any atom is 0.0391 e. The van der Waals surface area contributed by atoms with Gasteiger partial charge in [-0.3, -0.25) is 4.90 Å². The van der Waals surface area contributed by atoms with E-state index >= 15 is 0 Å². The predicted molar refractivity (Wildman–Crippen MR) is 80.2 cm³/mol. The van der Waals surface area contributed by atoms with Gasteiger partial charge in [0.05, 0.1) is 0 Å². The highest BCUT2D eigenvalue weighted by atomic mass is 15.2. The molecule has 0 bridgehead atoms. The molecule has 0 spiro atoms. The van der Waals surface area contributed by atoms with Gasteiger partial charge in [-0.15, -0.1) is 0 Å². The van der Waals surface area contributed by atoms with Crippen LogP contribution in [0.1, 0.15) is 43.7 Å². The van der Waals surface area contributed by atoms with Crippen molar-refractivity contribution >= 4 is 0 Å². The highest BCUT2D eigenvalue weighted by Crippen LogP contribution is 2.41. The molecule has 2 heteroatoms. The summed E-state index contributed by atoms with van der Waals surface area (Å²) in [5.41, 5.74) is 1.52. The molecule has 2 nitrogen and oxygen atoms in total. The van der Waals surface area contributed by atoms with E-state index in [9.17, 15) is 0 Å². The summed E-state index contributed by atoms with van der Waals surface area (Å²) in [5, 5.41) is 3.42. The van der Waals surface area contributed by atoms with Crippen LogP contribution >= 0.6 is 0 Å². The second-order valence-electron chi connectivity index (χ2n) is 6.14. The molecule has 1 aromatic rings. The zero-order valence-corrected chi connectivity index (χ0v) is 12.0. The van der Waals surface area contributed by atoms with E-state index in [-0.39, 0.29) is 0 Å². The third kappa shape index (κ3) is 3.01. The third-order valence-electron chi connectivity index (χ3n) is 4.67. The summed E-state index contributed by atoms with van der Waals surface area (Å²) in [6.07, 6.45) is 6.95. The minimum absolute atomic E-state index is 0.628. The number of likely N-dealkylation sites (tertiary alicyclic amines) is 1. The van der Waals surface area contributed by atoms with Crippen molar-refractivity contribution in [3.63, 3.8) is 0 Å².